The first-order valence-electron chi connectivity index (χ1n) is 6.68. The van der Waals surface area contributed by atoms with Crippen LogP contribution in [0.15, 0.2) is 53.6 Å². The van der Waals surface area contributed by atoms with Gasteiger partial charge in [-0.05, 0) is 17.7 Å². The van der Waals surface area contributed by atoms with E-state index in [2.05, 4.69) is 15.8 Å². The van der Waals surface area contributed by atoms with Crippen LogP contribution >= 0.6 is 23.2 Å². The van der Waals surface area contributed by atoms with E-state index in [9.17, 15) is 9.59 Å². The smallest absolute Gasteiger partial charge is 0.316 e. The van der Waals surface area contributed by atoms with Gasteiger partial charge in [-0.2, -0.15) is 5.10 Å². The summed E-state index contributed by atoms with van der Waals surface area (Å²) in [7, 11) is 0. The van der Waals surface area contributed by atoms with E-state index >= 15 is 0 Å². The third-order valence-electron chi connectivity index (χ3n) is 2.83. The van der Waals surface area contributed by atoms with Crippen molar-refractivity contribution in [2.45, 2.75) is 6.42 Å². The molecular formula is C16H13Cl2N3O2. The Morgan fingerprint density at radius 3 is 2.48 bits per heavy atom. The molecule has 0 aliphatic rings. The Morgan fingerprint density at radius 1 is 1.00 bits per heavy atom. The molecule has 0 bridgehead atoms. The Balaban J connectivity index is 1.85. The van der Waals surface area contributed by atoms with E-state index in [1.54, 1.807) is 12.1 Å². The minimum absolute atomic E-state index is 0.169. The fraction of sp³-hybridized carbons (Fsp3) is 0.0625. The highest BCUT2D eigenvalue weighted by Gasteiger charge is 2.15. The lowest BCUT2D eigenvalue weighted by molar-refractivity contribution is -0.136. The summed E-state index contributed by atoms with van der Waals surface area (Å²) in [6, 6.07) is 14.3. The van der Waals surface area contributed by atoms with Gasteiger partial charge in [0.1, 0.15) is 0 Å². The van der Waals surface area contributed by atoms with Crippen molar-refractivity contribution in [3.05, 3.63) is 64.1 Å². The summed E-state index contributed by atoms with van der Waals surface area (Å²) in [6.45, 7) is 0. The van der Waals surface area contributed by atoms with Crippen LogP contribution < -0.4 is 10.7 Å². The summed E-state index contributed by atoms with van der Waals surface area (Å²) < 4.78 is 0. The molecule has 0 atom stereocenters. The highest BCUT2D eigenvalue weighted by Crippen LogP contribution is 2.29. The molecule has 0 fully saturated rings. The zero-order chi connectivity index (χ0) is 16.7. The van der Waals surface area contributed by atoms with Crippen LogP contribution in [0.3, 0.4) is 0 Å². The third-order valence-corrected chi connectivity index (χ3v) is 3.65. The van der Waals surface area contributed by atoms with E-state index in [0.29, 0.717) is 6.42 Å². The molecule has 0 aromatic heterocycles. The lowest BCUT2D eigenvalue weighted by atomic mass is 10.2. The first-order valence-corrected chi connectivity index (χ1v) is 7.44. The van der Waals surface area contributed by atoms with Crippen LogP contribution in [0, 0.1) is 0 Å². The number of anilines is 1. The van der Waals surface area contributed by atoms with Crippen LogP contribution in [-0.4, -0.2) is 18.0 Å². The molecule has 2 aromatic carbocycles. The molecule has 0 aliphatic carbocycles. The molecule has 118 valence electrons. The number of carbonyl (C=O) groups excluding carboxylic acids is 2. The van der Waals surface area contributed by atoms with Crippen molar-refractivity contribution < 1.29 is 9.59 Å². The number of amides is 2. The number of carbonyl (C=O) groups is 2. The predicted molar refractivity (Wildman–Crippen MR) is 91.9 cm³/mol. The van der Waals surface area contributed by atoms with Crippen LogP contribution in [0.25, 0.3) is 0 Å². The van der Waals surface area contributed by atoms with E-state index in [1.165, 1.54) is 12.3 Å². The van der Waals surface area contributed by atoms with Gasteiger partial charge in [-0.15, -0.1) is 0 Å². The highest BCUT2D eigenvalue weighted by molar-refractivity contribution is 6.45. The number of nitrogens with zero attached hydrogens (tertiary/aromatic N) is 1. The summed E-state index contributed by atoms with van der Waals surface area (Å²) in [5.41, 5.74) is 3.45. The molecule has 2 amide bonds. The Kier molecular flexibility index (Phi) is 6.14. The molecule has 2 N–H and O–H groups in total. The number of rotatable bonds is 4. The lowest BCUT2D eigenvalue weighted by Gasteiger charge is -2.06. The fourth-order valence-corrected chi connectivity index (χ4v) is 2.05. The number of hydrogen-bond acceptors (Lipinski definition) is 3. The summed E-state index contributed by atoms with van der Waals surface area (Å²) in [5, 5.41) is 6.55. The monoisotopic (exact) mass is 349 g/mol. The minimum Gasteiger partial charge on any atom is -0.316 e. The van der Waals surface area contributed by atoms with Crippen molar-refractivity contribution in [1.29, 1.82) is 0 Å². The van der Waals surface area contributed by atoms with Gasteiger partial charge in [-0.1, -0.05) is 59.6 Å². The molecule has 0 saturated heterocycles. The molecule has 7 heteroatoms. The molecule has 0 aliphatic heterocycles. The van der Waals surface area contributed by atoms with Crippen molar-refractivity contribution in [2.75, 3.05) is 5.32 Å². The molecule has 2 rings (SSSR count). The van der Waals surface area contributed by atoms with E-state index in [4.69, 9.17) is 23.2 Å². The van der Waals surface area contributed by atoms with Crippen molar-refractivity contribution in [2.24, 2.45) is 5.10 Å². The largest absolute Gasteiger partial charge is 0.329 e. The second-order valence-electron chi connectivity index (χ2n) is 4.50. The summed E-state index contributed by atoms with van der Waals surface area (Å²) in [5.74, 6) is -1.78. The molecule has 0 spiro atoms. The summed E-state index contributed by atoms with van der Waals surface area (Å²) in [4.78, 5) is 23.4. The second-order valence-corrected chi connectivity index (χ2v) is 5.28. The van der Waals surface area contributed by atoms with Crippen LogP contribution in [0.1, 0.15) is 5.56 Å². The zero-order valence-corrected chi connectivity index (χ0v) is 13.4. The number of benzene rings is 2. The van der Waals surface area contributed by atoms with Crippen molar-refractivity contribution >= 4 is 46.9 Å². The Labute approximate surface area is 143 Å². The molecule has 0 unspecified atom stereocenters. The van der Waals surface area contributed by atoms with Gasteiger partial charge in [0.15, 0.2) is 0 Å². The summed E-state index contributed by atoms with van der Waals surface area (Å²) in [6.07, 6.45) is 2.05. The lowest BCUT2D eigenvalue weighted by Crippen LogP contribution is -2.32. The molecular weight excluding hydrogens is 337 g/mol. The zero-order valence-electron chi connectivity index (χ0n) is 11.9. The van der Waals surface area contributed by atoms with E-state index < -0.39 is 11.8 Å². The van der Waals surface area contributed by atoms with Crippen LogP contribution in [0.2, 0.25) is 10.0 Å². The van der Waals surface area contributed by atoms with Crippen molar-refractivity contribution in [3.63, 3.8) is 0 Å². The first kappa shape index (κ1) is 17.0. The van der Waals surface area contributed by atoms with E-state index in [0.717, 1.165) is 5.56 Å². The van der Waals surface area contributed by atoms with Gasteiger partial charge in [0.05, 0.1) is 15.7 Å². The van der Waals surface area contributed by atoms with Crippen molar-refractivity contribution in [3.8, 4) is 0 Å². The standard InChI is InChI=1S/C16H13Cl2N3O2/c17-12-7-4-8-13(14(12)18)20-15(22)16(23)21-19-10-9-11-5-2-1-3-6-11/h1-8,10H,9H2,(H,20,22)(H,21,23)/b19-10+. The van der Waals surface area contributed by atoms with Gasteiger partial charge in [0, 0.05) is 12.6 Å². The second kappa shape index (κ2) is 8.31. The molecule has 23 heavy (non-hydrogen) atoms. The first-order chi connectivity index (χ1) is 11.1. The number of hydrogen-bond donors (Lipinski definition) is 2. The van der Waals surface area contributed by atoms with Crippen LogP contribution in [0.5, 0.6) is 0 Å². The third kappa shape index (κ3) is 5.09. The average molecular weight is 350 g/mol. The number of nitrogens with one attached hydrogen (secondary N) is 2. The Hall–Kier alpha value is -2.37. The minimum atomic E-state index is -0.898. The molecule has 5 nitrogen and oxygen atoms in total. The Morgan fingerprint density at radius 2 is 1.74 bits per heavy atom. The van der Waals surface area contributed by atoms with Crippen molar-refractivity contribution in [1.82, 2.24) is 5.43 Å². The van der Waals surface area contributed by atoms with Gasteiger partial charge < -0.3 is 5.32 Å². The molecule has 2 aromatic rings. The SMILES string of the molecule is O=C(N/N=C/Cc1ccccc1)C(=O)Nc1cccc(Cl)c1Cl. The number of halogens is 2. The van der Waals surface area contributed by atoms with Crippen LogP contribution in [-0.2, 0) is 16.0 Å². The fourth-order valence-electron chi connectivity index (χ4n) is 1.70. The van der Waals surface area contributed by atoms with Crippen LogP contribution in [0.4, 0.5) is 5.69 Å². The average Bonchev–Trinajstić information content (AvgIpc) is 2.56. The van der Waals surface area contributed by atoms with Gasteiger partial charge >= 0.3 is 11.8 Å². The summed E-state index contributed by atoms with van der Waals surface area (Å²) >= 11 is 11.8. The molecule has 0 radical (unpaired) electrons. The normalized spacial score (nSPS) is 10.5. The molecule has 0 saturated carbocycles. The van der Waals surface area contributed by atoms with Gasteiger partial charge in [-0.25, -0.2) is 5.43 Å². The number of hydrazone groups is 1. The Bertz CT molecular complexity index is 733. The highest BCUT2D eigenvalue weighted by atomic mass is 35.5. The maximum absolute atomic E-state index is 11.7. The maximum Gasteiger partial charge on any atom is 0.329 e. The quantitative estimate of drug-likeness (QED) is 0.505. The van der Waals surface area contributed by atoms with E-state index in [1.807, 2.05) is 30.3 Å². The van der Waals surface area contributed by atoms with Gasteiger partial charge in [-0.3, -0.25) is 9.59 Å². The maximum atomic E-state index is 11.7. The van der Waals surface area contributed by atoms with Gasteiger partial charge in [0.2, 0.25) is 0 Å². The van der Waals surface area contributed by atoms with E-state index in [-0.39, 0.29) is 15.7 Å². The molecule has 0 heterocycles. The topological polar surface area (TPSA) is 70.6 Å². The predicted octanol–water partition coefficient (Wildman–Crippen LogP) is 3.28. The van der Waals surface area contributed by atoms with Gasteiger partial charge in [0.25, 0.3) is 0 Å².